The summed E-state index contributed by atoms with van der Waals surface area (Å²) in [5, 5.41) is 0. The summed E-state index contributed by atoms with van der Waals surface area (Å²) in [6.45, 7) is 10.9. The minimum Gasteiger partial charge on any atom is -0.339 e. The molecule has 26 heavy (non-hydrogen) atoms. The second kappa shape index (κ2) is 7.96. The first-order valence-electron chi connectivity index (χ1n) is 8.93. The third-order valence-corrected chi connectivity index (χ3v) is 4.92. The molecule has 0 bridgehead atoms. The second-order valence-electron chi connectivity index (χ2n) is 6.44. The highest BCUT2D eigenvalue weighted by atomic mass is 16.2. The molecular weight excluding hydrogens is 320 g/mol. The molecule has 1 unspecified atom stereocenters. The Morgan fingerprint density at radius 1 is 1.23 bits per heavy atom. The molecule has 1 aromatic carbocycles. The van der Waals surface area contributed by atoms with Crippen LogP contribution >= 0.6 is 0 Å². The Kier molecular flexibility index (Phi) is 5.47. The van der Waals surface area contributed by atoms with Gasteiger partial charge < -0.3 is 4.90 Å². The molecule has 0 saturated carbocycles. The van der Waals surface area contributed by atoms with Gasteiger partial charge in [-0.1, -0.05) is 49.6 Å². The van der Waals surface area contributed by atoms with Gasteiger partial charge in [0.1, 0.15) is 0 Å². The van der Waals surface area contributed by atoms with Crippen LogP contribution in [-0.4, -0.2) is 29.6 Å². The van der Waals surface area contributed by atoms with Gasteiger partial charge in [-0.3, -0.25) is 9.79 Å². The predicted molar refractivity (Wildman–Crippen MR) is 109 cm³/mol. The standard InChI is InChI=1S/C23H24N2O/c1-4-17-14-20(18-10-8-7-9-11-18)15-21(23(17)24-6-3)19-12-13-25(16-19)22(26)5-2/h4-11,14-15,19H,2-3,12-13,16H2,1H3/b17-4-,24-23?. The number of aliphatic imine (C=N–C) groups is 1. The summed E-state index contributed by atoms with van der Waals surface area (Å²) in [4.78, 5) is 18.4. The van der Waals surface area contributed by atoms with Crippen LogP contribution in [0, 0.1) is 5.92 Å². The van der Waals surface area contributed by atoms with Crippen molar-refractivity contribution < 1.29 is 4.79 Å². The van der Waals surface area contributed by atoms with Gasteiger partial charge in [-0.15, -0.1) is 0 Å². The average molecular weight is 344 g/mol. The average Bonchev–Trinajstić information content (AvgIpc) is 3.18. The van der Waals surface area contributed by atoms with E-state index in [9.17, 15) is 4.79 Å². The molecule has 1 aromatic rings. The van der Waals surface area contributed by atoms with E-state index in [1.165, 1.54) is 22.8 Å². The largest absolute Gasteiger partial charge is 0.339 e. The molecule has 132 valence electrons. The highest BCUT2D eigenvalue weighted by Crippen LogP contribution is 2.34. The normalized spacial score (nSPS) is 23.0. The summed E-state index contributed by atoms with van der Waals surface area (Å²) in [5.41, 5.74) is 5.58. The molecule has 3 nitrogen and oxygen atoms in total. The van der Waals surface area contributed by atoms with Gasteiger partial charge in [-0.2, -0.15) is 0 Å². The van der Waals surface area contributed by atoms with Gasteiger partial charge in [-0.25, -0.2) is 0 Å². The predicted octanol–water partition coefficient (Wildman–Crippen LogP) is 4.58. The van der Waals surface area contributed by atoms with Crippen molar-refractivity contribution in [2.45, 2.75) is 13.3 Å². The third kappa shape index (κ3) is 3.52. The van der Waals surface area contributed by atoms with Crippen LogP contribution in [0.15, 0.2) is 90.1 Å². The number of amides is 1. The maximum Gasteiger partial charge on any atom is 0.245 e. The van der Waals surface area contributed by atoms with E-state index in [2.05, 4.69) is 48.5 Å². The maximum atomic E-state index is 12.0. The topological polar surface area (TPSA) is 32.7 Å². The Morgan fingerprint density at radius 2 is 2.00 bits per heavy atom. The molecule has 1 amide bonds. The fourth-order valence-corrected chi connectivity index (χ4v) is 3.59. The SMILES string of the molecule is C=CN=C1C(C2CCN(C(=O)C=C)C2)=CC(c2ccccc2)=C/C1=C/C. The van der Waals surface area contributed by atoms with Crippen LogP contribution in [0.5, 0.6) is 0 Å². The van der Waals surface area contributed by atoms with Crippen molar-refractivity contribution >= 4 is 17.2 Å². The Morgan fingerprint density at radius 3 is 2.65 bits per heavy atom. The van der Waals surface area contributed by atoms with Crippen LogP contribution in [-0.2, 0) is 4.79 Å². The number of carbonyl (C=O) groups excluding carboxylic acids is 1. The van der Waals surface area contributed by atoms with Crippen molar-refractivity contribution in [2.24, 2.45) is 10.9 Å². The van der Waals surface area contributed by atoms with Crippen LogP contribution in [0.2, 0.25) is 0 Å². The second-order valence-corrected chi connectivity index (χ2v) is 6.44. The zero-order valence-corrected chi connectivity index (χ0v) is 15.2. The molecule has 2 aliphatic rings. The van der Waals surface area contributed by atoms with E-state index in [0.29, 0.717) is 6.54 Å². The summed E-state index contributed by atoms with van der Waals surface area (Å²) < 4.78 is 0. The fraction of sp³-hybridized carbons (Fsp3) is 0.217. The first-order valence-corrected chi connectivity index (χ1v) is 8.93. The molecule has 1 atom stereocenters. The molecule has 1 fully saturated rings. The van der Waals surface area contributed by atoms with Crippen molar-refractivity contribution in [1.29, 1.82) is 0 Å². The lowest BCUT2D eigenvalue weighted by Gasteiger charge is -2.23. The quantitative estimate of drug-likeness (QED) is 0.736. The Labute approximate surface area is 155 Å². The molecular formula is C23H24N2O. The number of hydrogen-bond acceptors (Lipinski definition) is 2. The summed E-state index contributed by atoms with van der Waals surface area (Å²) in [6, 6.07) is 10.4. The van der Waals surface area contributed by atoms with Crippen molar-refractivity contribution in [3.8, 4) is 0 Å². The van der Waals surface area contributed by atoms with Crippen LogP contribution in [0.1, 0.15) is 18.9 Å². The van der Waals surface area contributed by atoms with Gasteiger partial charge in [0.25, 0.3) is 0 Å². The molecule has 1 heterocycles. The molecule has 0 aromatic heterocycles. The number of carbonyl (C=O) groups is 1. The van der Waals surface area contributed by atoms with Crippen LogP contribution in [0.3, 0.4) is 0 Å². The van der Waals surface area contributed by atoms with E-state index in [1.807, 2.05) is 30.0 Å². The Bertz CT molecular complexity index is 840. The number of hydrogen-bond donors (Lipinski definition) is 0. The number of nitrogens with zero attached hydrogens (tertiary/aromatic N) is 2. The minimum atomic E-state index is -0.00352. The summed E-state index contributed by atoms with van der Waals surface area (Å²) >= 11 is 0. The Hall–Kier alpha value is -2.94. The van der Waals surface area contributed by atoms with Crippen LogP contribution < -0.4 is 0 Å². The molecule has 1 aliphatic heterocycles. The minimum absolute atomic E-state index is 0.00352. The van der Waals surface area contributed by atoms with Crippen molar-refractivity contribution in [1.82, 2.24) is 4.90 Å². The van der Waals surface area contributed by atoms with Crippen molar-refractivity contribution in [3.63, 3.8) is 0 Å². The molecule has 3 rings (SSSR count). The van der Waals surface area contributed by atoms with Crippen LogP contribution in [0.4, 0.5) is 0 Å². The van der Waals surface area contributed by atoms with Gasteiger partial charge in [0, 0.05) is 25.2 Å². The molecule has 1 saturated heterocycles. The smallest absolute Gasteiger partial charge is 0.245 e. The first kappa shape index (κ1) is 17.9. The van der Waals surface area contributed by atoms with E-state index in [-0.39, 0.29) is 11.8 Å². The third-order valence-electron chi connectivity index (χ3n) is 4.92. The summed E-state index contributed by atoms with van der Waals surface area (Å²) in [7, 11) is 0. The molecule has 1 aliphatic carbocycles. The lowest BCUT2D eigenvalue weighted by atomic mass is 9.82. The van der Waals surface area contributed by atoms with Gasteiger partial charge in [0.15, 0.2) is 0 Å². The van der Waals surface area contributed by atoms with Gasteiger partial charge in [-0.05, 0) is 53.9 Å². The zero-order valence-electron chi connectivity index (χ0n) is 15.2. The lowest BCUT2D eigenvalue weighted by molar-refractivity contribution is -0.125. The number of allylic oxidation sites excluding steroid dienone is 5. The number of rotatable bonds is 4. The van der Waals surface area contributed by atoms with Gasteiger partial charge in [0.05, 0.1) is 5.71 Å². The van der Waals surface area contributed by atoms with Crippen molar-refractivity contribution in [3.05, 3.63) is 90.7 Å². The molecule has 0 N–H and O–H groups in total. The molecule has 0 radical (unpaired) electrons. The van der Waals surface area contributed by atoms with E-state index in [4.69, 9.17) is 0 Å². The highest BCUT2D eigenvalue weighted by molar-refractivity contribution is 6.19. The monoisotopic (exact) mass is 344 g/mol. The maximum absolute atomic E-state index is 12.0. The van der Waals surface area contributed by atoms with E-state index in [0.717, 1.165) is 24.3 Å². The van der Waals surface area contributed by atoms with Crippen LogP contribution in [0.25, 0.3) is 5.57 Å². The summed E-state index contributed by atoms with van der Waals surface area (Å²) in [5.74, 6) is 0.260. The molecule has 0 spiro atoms. The number of likely N-dealkylation sites (tertiary alicyclic amines) is 1. The van der Waals surface area contributed by atoms with E-state index in [1.54, 1.807) is 6.20 Å². The zero-order chi connectivity index (χ0) is 18.5. The van der Waals surface area contributed by atoms with Gasteiger partial charge >= 0.3 is 0 Å². The Balaban J connectivity index is 2.01. The van der Waals surface area contributed by atoms with E-state index < -0.39 is 0 Å². The molecule has 3 heteroatoms. The summed E-state index contributed by atoms with van der Waals surface area (Å²) in [6.07, 6.45) is 10.4. The number of benzene rings is 1. The van der Waals surface area contributed by atoms with Gasteiger partial charge in [0.2, 0.25) is 5.91 Å². The van der Waals surface area contributed by atoms with Crippen molar-refractivity contribution in [2.75, 3.05) is 13.1 Å². The highest BCUT2D eigenvalue weighted by Gasteiger charge is 2.31. The first-order chi connectivity index (χ1) is 12.7. The lowest BCUT2D eigenvalue weighted by Crippen LogP contribution is -2.28. The fourth-order valence-electron chi connectivity index (χ4n) is 3.59. The van der Waals surface area contributed by atoms with E-state index >= 15 is 0 Å².